The lowest BCUT2D eigenvalue weighted by molar-refractivity contribution is 0.102. The maximum Gasteiger partial charge on any atom is 0.179 e. The summed E-state index contributed by atoms with van der Waals surface area (Å²) >= 11 is 5.72. The Hall–Kier alpha value is -0.760. The highest BCUT2D eigenvalue weighted by Gasteiger charge is 2.27. The number of hydrogen-bond acceptors (Lipinski definition) is 1. The summed E-state index contributed by atoms with van der Waals surface area (Å²) in [4.78, 5) is 11.9. The van der Waals surface area contributed by atoms with Gasteiger partial charge < -0.3 is 4.57 Å². The van der Waals surface area contributed by atoms with Gasteiger partial charge in [-0.05, 0) is 45.1 Å². The molecule has 3 heteroatoms. The summed E-state index contributed by atoms with van der Waals surface area (Å²) in [5, 5.41) is 0. The van der Waals surface area contributed by atoms with Crippen molar-refractivity contribution in [2.75, 3.05) is 5.88 Å². The van der Waals surface area contributed by atoms with Gasteiger partial charge in [0.2, 0.25) is 0 Å². The molecule has 1 aliphatic carbocycles. The van der Waals surface area contributed by atoms with Crippen LogP contribution in [0.1, 0.15) is 73.2 Å². The molecule has 1 heterocycles. The lowest BCUT2D eigenvalue weighted by atomic mass is 9.82. The fourth-order valence-electron chi connectivity index (χ4n) is 3.89. The monoisotopic (exact) mass is 295 g/mol. The van der Waals surface area contributed by atoms with Crippen molar-refractivity contribution in [1.29, 1.82) is 0 Å². The van der Waals surface area contributed by atoms with E-state index in [1.54, 1.807) is 0 Å². The maximum atomic E-state index is 11.9. The minimum Gasteiger partial charge on any atom is -0.345 e. The third-order valence-corrected chi connectivity index (χ3v) is 5.09. The number of hydrogen-bond donors (Lipinski definition) is 0. The zero-order chi connectivity index (χ0) is 14.7. The second-order valence-electron chi connectivity index (χ2n) is 6.09. The topological polar surface area (TPSA) is 22.0 Å². The molecule has 0 amide bonds. The van der Waals surface area contributed by atoms with Crippen molar-refractivity contribution in [3.63, 3.8) is 0 Å². The molecule has 0 bridgehead atoms. The quantitative estimate of drug-likeness (QED) is 0.550. The lowest BCUT2D eigenvalue weighted by Gasteiger charge is -2.32. The molecule has 0 aromatic carbocycles. The van der Waals surface area contributed by atoms with Crippen LogP contribution in [-0.4, -0.2) is 16.2 Å². The molecular weight excluding hydrogens is 270 g/mol. The molecule has 0 saturated heterocycles. The Balaban J connectivity index is 2.34. The summed E-state index contributed by atoms with van der Waals surface area (Å²) in [5.41, 5.74) is 3.12. The number of halogens is 1. The molecule has 1 saturated carbocycles. The molecule has 20 heavy (non-hydrogen) atoms. The molecule has 1 atom stereocenters. The zero-order valence-corrected chi connectivity index (χ0v) is 13.7. The molecule has 1 aromatic heterocycles. The van der Waals surface area contributed by atoms with Gasteiger partial charge in [0.15, 0.2) is 5.78 Å². The Kier molecular flexibility index (Phi) is 5.31. The Morgan fingerprint density at radius 2 is 2.00 bits per heavy atom. The first kappa shape index (κ1) is 15.6. The molecule has 0 spiro atoms. The molecule has 0 aliphatic heterocycles. The Morgan fingerprint density at radius 1 is 1.35 bits per heavy atom. The van der Waals surface area contributed by atoms with Gasteiger partial charge >= 0.3 is 0 Å². The van der Waals surface area contributed by atoms with Gasteiger partial charge in [-0.1, -0.05) is 26.2 Å². The third kappa shape index (κ3) is 2.95. The number of carbonyl (C=O) groups excluding carboxylic acids is 1. The van der Waals surface area contributed by atoms with Crippen molar-refractivity contribution in [2.24, 2.45) is 5.92 Å². The number of carbonyl (C=O) groups is 1. The van der Waals surface area contributed by atoms with Gasteiger partial charge in [0.05, 0.1) is 5.88 Å². The van der Waals surface area contributed by atoms with Crippen molar-refractivity contribution < 1.29 is 4.79 Å². The van der Waals surface area contributed by atoms with E-state index in [0.717, 1.165) is 23.6 Å². The highest BCUT2D eigenvalue weighted by molar-refractivity contribution is 6.30. The van der Waals surface area contributed by atoms with Gasteiger partial charge in [0.1, 0.15) is 0 Å². The molecule has 1 unspecified atom stereocenters. The number of nitrogens with zero attached hydrogens (tertiary/aromatic N) is 1. The van der Waals surface area contributed by atoms with Gasteiger partial charge in [-0.2, -0.15) is 0 Å². The van der Waals surface area contributed by atoms with Crippen LogP contribution in [0.2, 0.25) is 0 Å². The van der Waals surface area contributed by atoms with Crippen LogP contribution in [0, 0.1) is 19.8 Å². The standard InChI is InChI=1S/C17H26ClNO/c1-4-16(14-8-6-5-7-9-14)19-12(2)10-15(13(19)3)17(20)11-18/h10,14,16H,4-9,11H2,1-3H3. The average Bonchev–Trinajstić information content (AvgIpc) is 2.77. The first-order chi connectivity index (χ1) is 9.60. The fourth-order valence-corrected chi connectivity index (χ4v) is 4.03. The Morgan fingerprint density at radius 3 is 2.55 bits per heavy atom. The zero-order valence-electron chi connectivity index (χ0n) is 12.9. The van der Waals surface area contributed by atoms with Crippen LogP contribution in [0.25, 0.3) is 0 Å². The number of aromatic nitrogens is 1. The van der Waals surface area contributed by atoms with Crippen LogP contribution < -0.4 is 0 Å². The molecule has 1 aromatic rings. The summed E-state index contributed by atoms with van der Waals surface area (Å²) in [7, 11) is 0. The SMILES string of the molecule is CCC(C1CCCCC1)n1c(C)cc(C(=O)CCl)c1C. The van der Waals surface area contributed by atoms with Gasteiger partial charge in [0.25, 0.3) is 0 Å². The molecule has 1 aliphatic rings. The Bertz CT molecular complexity index is 472. The second-order valence-corrected chi connectivity index (χ2v) is 6.35. The molecule has 112 valence electrons. The fraction of sp³-hybridized carbons (Fsp3) is 0.706. The van der Waals surface area contributed by atoms with Crippen molar-refractivity contribution in [3.05, 3.63) is 23.0 Å². The number of rotatable bonds is 5. The van der Waals surface area contributed by atoms with E-state index in [1.807, 2.05) is 6.07 Å². The largest absolute Gasteiger partial charge is 0.345 e. The highest BCUT2D eigenvalue weighted by Crippen LogP contribution is 2.37. The Labute approximate surface area is 127 Å². The molecule has 0 N–H and O–H groups in total. The maximum absolute atomic E-state index is 11.9. The minimum atomic E-state index is 0.0458. The highest BCUT2D eigenvalue weighted by atomic mass is 35.5. The summed E-state index contributed by atoms with van der Waals surface area (Å²) in [6, 6.07) is 2.55. The van der Waals surface area contributed by atoms with Crippen LogP contribution in [-0.2, 0) is 0 Å². The molecule has 2 nitrogen and oxygen atoms in total. The first-order valence-corrected chi connectivity index (χ1v) is 8.41. The summed E-state index contributed by atoms with van der Waals surface area (Å²) < 4.78 is 2.40. The number of Topliss-reactive ketones (excluding diaryl/α,β-unsaturated/α-hetero) is 1. The number of ketones is 1. The van der Waals surface area contributed by atoms with E-state index in [4.69, 9.17) is 11.6 Å². The number of aryl methyl sites for hydroxylation is 1. The third-order valence-electron chi connectivity index (χ3n) is 4.85. The van der Waals surface area contributed by atoms with Crippen LogP contribution in [0.5, 0.6) is 0 Å². The molecule has 0 radical (unpaired) electrons. The van der Waals surface area contributed by atoms with E-state index in [1.165, 1.54) is 37.8 Å². The summed E-state index contributed by atoms with van der Waals surface area (Å²) in [5.74, 6) is 0.881. The van der Waals surface area contributed by atoms with Crippen molar-refractivity contribution in [1.82, 2.24) is 4.57 Å². The molecule has 2 rings (SSSR count). The van der Waals surface area contributed by atoms with Gasteiger partial charge in [0, 0.05) is 23.0 Å². The number of alkyl halides is 1. The lowest BCUT2D eigenvalue weighted by Crippen LogP contribution is -2.23. The van der Waals surface area contributed by atoms with Gasteiger partial charge in [-0.15, -0.1) is 11.6 Å². The summed E-state index contributed by atoms with van der Waals surface area (Å²) in [6.45, 7) is 6.45. The first-order valence-electron chi connectivity index (χ1n) is 7.87. The van der Waals surface area contributed by atoms with Crippen LogP contribution in [0.3, 0.4) is 0 Å². The van der Waals surface area contributed by atoms with E-state index in [9.17, 15) is 4.79 Å². The van der Waals surface area contributed by atoms with Crippen LogP contribution in [0.15, 0.2) is 6.07 Å². The van der Waals surface area contributed by atoms with Gasteiger partial charge in [-0.3, -0.25) is 4.79 Å². The van der Waals surface area contributed by atoms with E-state index >= 15 is 0 Å². The summed E-state index contributed by atoms with van der Waals surface area (Å²) in [6.07, 6.45) is 7.88. The van der Waals surface area contributed by atoms with E-state index in [-0.39, 0.29) is 11.7 Å². The normalized spacial score (nSPS) is 18.2. The smallest absolute Gasteiger partial charge is 0.179 e. The molecular formula is C17H26ClNO. The van der Waals surface area contributed by atoms with Crippen molar-refractivity contribution in [3.8, 4) is 0 Å². The predicted octanol–water partition coefficient (Wildman–Crippen LogP) is 5.06. The van der Waals surface area contributed by atoms with E-state index in [2.05, 4.69) is 25.3 Å². The van der Waals surface area contributed by atoms with E-state index in [0.29, 0.717) is 6.04 Å². The van der Waals surface area contributed by atoms with Crippen molar-refractivity contribution in [2.45, 2.75) is 65.3 Å². The molecule has 1 fully saturated rings. The average molecular weight is 296 g/mol. The minimum absolute atomic E-state index is 0.0458. The van der Waals surface area contributed by atoms with Gasteiger partial charge in [-0.25, -0.2) is 0 Å². The van der Waals surface area contributed by atoms with Crippen molar-refractivity contribution >= 4 is 17.4 Å². The predicted molar refractivity (Wildman–Crippen MR) is 84.9 cm³/mol. The van der Waals surface area contributed by atoms with Crippen LogP contribution >= 0.6 is 11.6 Å². The van der Waals surface area contributed by atoms with Crippen LogP contribution in [0.4, 0.5) is 0 Å². The van der Waals surface area contributed by atoms with E-state index < -0.39 is 0 Å². The second kappa shape index (κ2) is 6.80.